The fraction of sp³-hybridized carbons (Fsp3) is 0.250. The number of alkyl halides is 1. The molecule has 0 spiro atoms. The molecular weight excluding hydrogens is 306 g/mol. The lowest BCUT2D eigenvalue weighted by atomic mass is 10.1. The average Bonchev–Trinajstić information content (AvgIpc) is 2.53. The normalized spacial score (nSPS) is 12.9. The Morgan fingerprint density at radius 2 is 1.67 bits per heavy atom. The molecule has 2 aromatic carbocycles. The summed E-state index contributed by atoms with van der Waals surface area (Å²) in [4.78, 5) is 0.324. The fourth-order valence-corrected chi connectivity index (χ4v) is 3.31. The second-order valence-electron chi connectivity index (χ2n) is 4.66. The van der Waals surface area contributed by atoms with Gasteiger partial charge in [0.15, 0.2) is 9.84 Å². The number of hydrogen-bond acceptors (Lipinski definition) is 3. The Balaban J connectivity index is 2.14. The van der Waals surface area contributed by atoms with Crippen molar-refractivity contribution < 1.29 is 8.42 Å². The van der Waals surface area contributed by atoms with Gasteiger partial charge in [0.05, 0.1) is 21.7 Å². The minimum atomic E-state index is -3.25. The van der Waals surface area contributed by atoms with Gasteiger partial charge in [0.2, 0.25) is 0 Å². The summed E-state index contributed by atoms with van der Waals surface area (Å²) in [6.45, 7) is 2.10. The van der Waals surface area contributed by atoms with Gasteiger partial charge in [-0.1, -0.05) is 49.4 Å². The Morgan fingerprint density at radius 3 is 2.33 bits per heavy atom. The molecule has 112 valence electrons. The molecule has 0 aliphatic heterocycles. The quantitative estimate of drug-likeness (QED) is 0.821. The summed E-state index contributed by atoms with van der Waals surface area (Å²) in [5.74, 6) is 0.0781. The van der Waals surface area contributed by atoms with Crippen molar-refractivity contribution in [3.63, 3.8) is 0 Å². The maximum atomic E-state index is 12.1. The van der Waals surface area contributed by atoms with E-state index in [1.807, 2.05) is 36.4 Å². The van der Waals surface area contributed by atoms with Crippen LogP contribution in [0, 0.1) is 0 Å². The first-order valence-electron chi connectivity index (χ1n) is 6.79. The summed E-state index contributed by atoms with van der Waals surface area (Å²) < 4.78 is 24.1. The lowest BCUT2D eigenvalue weighted by Gasteiger charge is -2.15. The molecule has 1 N–H and O–H groups in total. The van der Waals surface area contributed by atoms with E-state index in [-0.39, 0.29) is 11.1 Å². The number of benzene rings is 2. The molecule has 21 heavy (non-hydrogen) atoms. The third-order valence-corrected chi connectivity index (χ3v) is 5.43. The van der Waals surface area contributed by atoms with E-state index in [9.17, 15) is 8.42 Å². The highest BCUT2D eigenvalue weighted by Gasteiger charge is 2.16. The Labute approximate surface area is 130 Å². The number of hydrogen-bond donors (Lipinski definition) is 1. The summed E-state index contributed by atoms with van der Waals surface area (Å²) in [5, 5.41) is 2.92. The van der Waals surface area contributed by atoms with Gasteiger partial charge in [0, 0.05) is 6.54 Å². The van der Waals surface area contributed by atoms with E-state index < -0.39 is 9.84 Å². The molecule has 0 saturated heterocycles. The molecule has 1 unspecified atom stereocenters. The summed E-state index contributed by atoms with van der Waals surface area (Å²) in [5.41, 5.74) is 1.60. The van der Waals surface area contributed by atoms with Crippen molar-refractivity contribution in [3.05, 3.63) is 60.2 Å². The van der Waals surface area contributed by atoms with Crippen molar-refractivity contribution in [1.82, 2.24) is 0 Å². The topological polar surface area (TPSA) is 46.2 Å². The Hall–Kier alpha value is -1.52. The van der Waals surface area contributed by atoms with Crippen LogP contribution in [0.2, 0.25) is 0 Å². The molecule has 3 nitrogen and oxygen atoms in total. The molecule has 0 heterocycles. The molecule has 2 aromatic rings. The Kier molecular flexibility index (Phi) is 5.26. The summed E-state index contributed by atoms with van der Waals surface area (Å²) in [6.07, 6.45) is 0. The van der Waals surface area contributed by atoms with Crippen LogP contribution in [0.5, 0.6) is 0 Å². The lowest BCUT2D eigenvalue weighted by molar-refractivity contribution is 0.597. The van der Waals surface area contributed by atoms with Gasteiger partial charge in [0.25, 0.3) is 0 Å². The van der Waals surface area contributed by atoms with Crippen LogP contribution in [0.3, 0.4) is 0 Å². The molecule has 0 aliphatic carbocycles. The third-order valence-electron chi connectivity index (χ3n) is 3.24. The fourth-order valence-electron chi connectivity index (χ4n) is 2.02. The van der Waals surface area contributed by atoms with Crippen LogP contribution in [-0.4, -0.2) is 20.7 Å². The maximum absolute atomic E-state index is 12.1. The highest BCUT2D eigenvalue weighted by atomic mass is 35.5. The van der Waals surface area contributed by atoms with Gasteiger partial charge >= 0.3 is 0 Å². The largest absolute Gasteiger partial charge is 0.382 e. The van der Waals surface area contributed by atoms with E-state index in [0.717, 1.165) is 5.56 Å². The second-order valence-corrected chi connectivity index (χ2v) is 7.43. The molecular formula is C16H18ClNO2S. The van der Waals surface area contributed by atoms with Crippen molar-refractivity contribution in [2.45, 2.75) is 17.2 Å². The third kappa shape index (κ3) is 3.99. The SMILES string of the molecule is CCS(=O)(=O)c1ccccc1NCC(Cl)c1ccccc1. The van der Waals surface area contributed by atoms with Crippen LogP contribution < -0.4 is 5.32 Å². The molecule has 5 heteroatoms. The van der Waals surface area contributed by atoms with Crippen molar-refractivity contribution in [3.8, 4) is 0 Å². The van der Waals surface area contributed by atoms with Crippen molar-refractivity contribution in [2.75, 3.05) is 17.6 Å². The molecule has 0 radical (unpaired) electrons. The van der Waals surface area contributed by atoms with Crippen LogP contribution in [0.4, 0.5) is 5.69 Å². The smallest absolute Gasteiger partial charge is 0.180 e. The average molecular weight is 324 g/mol. The lowest BCUT2D eigenvalue weighted by Crippen LogP contribution is -2.12. The first-order chi connectivity index (χ1) is 10.0. The molecule has 2 rings (SSSR count). The second kappa shape index (κ2) is 6.96. The Morgan fingerprint density at radius 1 is 1.05 bits per heavy atom. The number of nitrogens with one attached hydrogen (secondary N) is 1. The first-order valence-corrected chi connectivity index (χ1v) is 8.88. The minimum absolute atomic E-state index is 0.0781. The van der Waals surface area contributed by atoms with Crippen LogP contribution in [0.1, 0.15) is 17.9 Å². The van der Waals surface area contributed by atoms with Gasteiger partial charge in [-0.05, 0) is 17.7 Å². The van der Waals surface area contributed by atoms with Gasteiger partial charge < -0.3 is 5.32 Å². The highest BCUT2D eigenvalue weighted by molar-refractivity contribution is 7.91. The van der Waals surface area contributed by atoms with Crippen LogP contribution in [0.15, 0.2) is 59.5 Å². The molecule has 0 saturated carbocycles. The van der Waals surface area contributed by atoms with E-state index in [4.69, 9.17) is 11.6 Å². The number of sulfone groups is 1. The van der Waals surface area contributed by atoms with Gasteiger partial charge in [0.1, 0.15) is 0 Å². The van der Waals surface area contributed by atoms with Gasteiger partial charge in [-0.15, -0.1) is 11.6 Å². The number of anilines is 1. The van der Waals surface area contributed by atoms with E-state index in [1.165, 1.54) is 0 Å². The van der Waals surface area contributed by atoms with Crippen LogP contribution in [-0.2, 0) is 9.84 Å². The molecule has 0 aromatic heterocycles. The van der Waals surface area contributed by atoms with Crippen LogP contribution >= 0.6 is 11.6 Å². The van der Waals surface area contributed by atoms with E-state index in [0.29, 0.717) is 17.1 Å². The Bertz CT molecular complexity index is 686. The van der Waals surface area contributed by atoms with Gasteiger partial charge in [-0.25, -0.2) is 8.42 Å². The number of halogens is 1. The monoisotopic (exact) mass is 323 g/mol. The van der Waals surface area contributed by atoms with Crippen molar-refractivity contribution in [1.29, 1.82) is 0 Å². The minimum Gasteiger partial charge on any atom is -0.382 e. The molecule has 0 aliphatic rings. The molecule has 0 bridgehead atoms. The highest BCUT2D eigenvalue weighted by Crippen LogP contribution is 2.25. The maximum Gasteiger partial charge on any atom is 0.180 e. The summed E-state index contributed by atoms with van der Waals surface area (Å²) in [6, 6.07) is 16.6. The van der Waals surface area contributed by atoms with Gasteiger partial charge in [-0.2, -0.15) is 0 Å². The van der Waals surface area contributed by atoms with E-state index >= 15 is 0 Å². The van der Waals surface area contributed by atoms with Crippen LogP contribution in [0.25, 0.3) is 0 Å². The summed E-state index contributed by atoms with van der Waals surface area (Å²) in [7, 11) is -3.25. The zero-order valence-electron chi connectivity index (χ0n) is 11.8. The standard InChI is InChI=1S/C16H18ClNO2S/c1-2-21(19,20)16-11-7-6-10-15(16)18-12-14(17)13-8-4-3-5-9-13/h3-11,14,18H,2,12H2,1H3. The first kappa shape index (κ1) is 15.9. The molecule has 1 atom stereocenters. The van der Waals surface area contributed by atoms with Gasteiger partial charge in [-0.3, -0.25) is 0 Å². The van der Waals surface area contributed by atoms with Crippen molar-refractivity contribution in [2.24, 2.45) is 0 Å². The van der Waals surface area contributed by atoms with Crippen molar-refractivity contribution >= 4 is 27.1 Å². The van der Waals surface area contributed by atoms with E-state index in [1.54, 1.807) is 25.1 Å². The molecule has 0 amide bonds. The van der Waals surface area contributed by atoms with E-state index in [2.05, 4.69) is 5.32 Å². The zero-order valence-corrected chi connectivity index (χ0v) is 13.4. The number of para-hydroxylation sites is 1. The summed E-state index contributed by atoms with van der Waals surface area (Å²) >= 11 is 6.34. The predicted molar refractivity (Wildman–Crippen MR) is 87.7 cm³/mol. The molecule has 0 fully saturated rings. The predicted octanol–water partition coefficient (Wildman–Crippen LogP) is 3.87. The zero-order chi connectivity index (χ0) is 15.3. The number of rotatable bonds is 6.